The number of carboxylic acids is 1. The molecule has 2 rings (SSSR count). The fourth-order valence-electron chi connectivity index (χ4n) is 1.79. The molecule has 0 saturated heterocycles. The third-order valence-corrected chi connectivity index (χ3v) is 3.03. The monoisotopic (exact) mass is 297 g/mol. The van der Waals surface area contributed by atoms with Crippen LogP contribution in [0.3, 0.4) is 0 Å². The number of rotatable bonds is 3. The molecule has 20 heavy (non-hydrogen) atoms. The Kier molecular flexibility index (Phi) is 3.90. The Balaban J connectivity index is 2.36. The van der Waals surface area contributed by atoms with Crippen LogP contribution in [0.5, 0.6) is 0 Å². The molecule has 0 unspecified atom stereocenters. The SMILES string of the molecule is Cc1cc(Nc2c(F)cc(F)cc2Cl)ccc1C(=O)O. The van der Waals surface area contributed by atoms with Crippen LogP contribution in [-0.4, -0.2) is 11.1 Å². The van der Waals surface area contributed by atoms with Crippen LogP contribution in [0.2, 0.25) is 5.02 Å². The lowest BCUT2D eigenvalue weighted by Gasteiger charge is -2.11. The molecule has 2 N–H and O–H groups in total. The first-order valence-electron chi connectivity index (χ1n) is 5.64. The van der Waals surface area contributed by atoms with E-state index in [1.54, 1.807) is 13.0 Å². The van der Waals surface area contributed by atoms with Crippen molar-refractivity contribution in [2.45, 2.75) is 6.92 Å². The van der Waals surface area contributed by atoms with Gasteiger partial charge in [0, 0.05) is 11.8 Å². The molecule has 0 atom stereocenters. The van der Waals surface area contributed by atoms with E-state index in [2.05, 4.69) is 5.32 Å². The van der Waals surface area contributed by atoms with Crippen molar-refractivity contribution in [3.8, 4) is 0 Å². The number of aromatic carboxylic acids is 1. The lowest BCUT2D eigenvalue weighted by Crippen LogP contribution is -2.01. The van der Waals surface area contributed by atoms with E-state index in [0.29, 0.717) is 17.3 Å². The summed E-state index contributed by atoms with van der Waals surface area (Å²) < 4.78 is 26.6. The fourth-order valence-corrected chi connectivity index (χ4v) is 2.03. The van der Waals surface area contributed by atoms with E-state index in [-0.39, 0.29) is 16.3 Å². The van der Waals surface area contributed by atoms with Crippen LogP contribution < -0.4 is 5.32 Å². The molecule has 0 heterocycles. The highest BCUT2D eigenvalue weighted by molar-refractivity contribution is 6.33. The second-order valence-electron chi connectivity index (χ2n) is 4.20. The molecule has 0 spiro atoms. The van der Waals surface area contributed by atoms with Crippen molar-refractivity contribution >= 4 is 28.9 Å². The third-order valence-electron chi connectivity index (χ3n) is 2.73. The summed E-state index contributed by atoms with van der Waals surface area (Å²) in [6.45, 7) is 1.62. The van der Waals surface area contributed by atoms with Crippen LogP contribution in [0.4, 0.5) is 20.2 Å². The zero-order chi connectivity index (χ0) is 14.9. The van der Waals surface area contributed by atoms with Crippen molar-refractivity contribution in [3.05, 3.63) is 58.1 Å². The minimum Gasteiger partial charge on any atom is -0.478 e. The van der Waals surface area contributed by atoms with Crippen molar-refractivity contribution in [3.63, 3.8) is 0 Å². The zero-order valence-corrected chi connectivity index (χ0v) is 11.1. The minimum absolute atomic E-state index is 0.0597. The van der Waals surface area contributed by atoms with Crippen LogP contribution in [0, 0.1) is 18.6 Å². The number of hydrogen-bond donors (Lipinski definition) is 2. The maximum atomic E-state index is 13.6. The fraction of sp³-hybridized carbons (Fsp3) is 0.0714. The third kappa shape index (κ3) is 2.88. The first-order valence-corrected chi connectivity index (χ1v) is 6.02. The van der Waals surface area contributed by atoms with Crippen LogP contribution in [0.1, 0.15) is 15.9 Å². The average molecular weight is 298 g/mol. The van der Waals surface area contributed by atoms with Crippen molar-refractivity contribution in [2.24, 2.45) is 0 Å². The van der Waals surface area contributed by atoms with E-state index >= 15 is 0 Å². The molecule has 0 saturated carbocycles. The number of anilines is 2. The van der Waals surface area contributed by atoms with Crippen molar-refractivity contribution < 1.29 is 18.7 Å². The zero-order valence-electron chi connectivity index (χ0n) is 10.4. The highest BCUT2D eigenvalue weighted by Crippen LogP contribution is 2.30. The number of carboxylic acid groups (broad SMARTS) is 1. The van der Waals surface area contributed by atoms with Gasteiger partial charge in [0.05, 0.1) is 16.3 Å². The Morgan fingerprint density at radius 1 is 1.25 bits per heavy atom. The first-order chi connectivity index (χ1) is 9.38. The maximum Gasteiger partial charge on any atom is 0.335 e. The number of halogens is 3. The van der Waals surface area contributed by atoms with Crippen LogP contribution >= 0.6 is 11.6 Å². The van der Waals surface area contributed by atoms with Crippen LogP contribution in [-0.2, 0) is 0 Å². The Morgan fingerprint density at radius 2 is 1.95 bits per heavy atom. The van der Waals surface area contributed by atoms with Gasteiger partial charge in [0.15, 0.2) is 5.82 Å². The van der Waals surface area contributed by atoms with E-state index in [4.69, 9.17) is 16.7 Å². The highest BCUT2D eigenvalue weighted by atomic mass is 35.5. The molecule has 0 amide bonds. The number of aryl methyl sites for hydroxylation is 1. The smallest absolute Gasteiger partial charge is 0.335 e. The normalized spacial score (nSPS) is 10.4. The lowest BCUT2D eigenvalue weighted by molar-refractivity contribution is 0.0696. The molecular formula is C14H10ClF2NO2. The van der Waals surface area contributed by atoms with E-state index in [9.17, 15) is 13.6 Å². The molecule has 3 nitrogen and oxygen atoms in total. The summed E-state index contributed by atoms with van der Waals surface area (Å²) in [5, 5.41) is 11.5. The van der Waals surface area contributed by atoms with E-state index in [1.807, 2.05) is 0 Å². The Bertz CT molecular complexity index is 666. The van der Waals surface area contributed by atoms with Crippen molar-refractivity contribution in [1.29, 1.82) is 0 Å². The molecule has 0 aromatic heterocycles. The van der Waals surface area contributed by atoms with Gasteiger partial charge in [0.25, 0.3) is 0 Å². The van der Waals surface area contributed by atoms with Gasteiger partial charge in [-0.2, -0.15) is 0 Å². The minimum atomic E-state index is -1.04. The van der Waals surface area contributed by atoms with E-state index in [0.717, 1.165) is 6.07 Å². The Hall–Kier alpha value is -2.14. The molecule has 0 bridgehead atoms. The number of benzene rings is 2. The van der Waals surface area contributed by atoms with Crippen LogP contribution in [0.15, 0.2) is 30.3 Å². The Labute approximate surface area is 118 Å². The molecule has 0 aliphatic rings. The molecule has 2 aromatic rings. The largest absolute Gasteiger partial charge is 0.478 e. The predicted molar refractivity (Wildman–Crippen MR) is 72.8 cm³/mol. The summed E-state index contributed by atoms with van der Waals surface area (Å²) in [4.78, 5) is 10.9. The van der Waals surface area contributed by atoms with Gasteiger partial charge >= 0.3 is 5.97 Å². The van der Waals surface area contributed by atoms with Crippen molar-refractivity contribution in [1.82, 2.24) is 0 Å². The van der Waals surface area contributed by atoms with Gasteiger partial charge < -0.3 is 10.4 Å². The molecule has 6 heteroatoms. The summed E-state index contributed by atoms with van der Waals surface area (Å²) in [6.07, 6.45) is 0. The van der Waals surface area contributed by atoms with Gasteiger partial charge in [-0.1, -0.05) is 11.6 Å². The quantitative estimate of drug-likeness (QED) is 0.884. The summed E-state index contributed by atoms with van der Waals surface area (Å²) in [7, 11) is 0. The van der Waals surface area contributed by atoms with Gasteiger partial charge in [-0.3, -0.25) is 0 Å². The summed E-state index contributed by atoms with van der Waals surface area (Å²) in [5.41, 5.74) is 1.07. The van der Waals surface area contributed by atoms with Gasteiger partial charge in [0.2, 0.25) is 0 Å². The Morgan fingerprint density at radius 3 is 2.50 bits per heavy atom. The van der Waals surface area contributed by atoms with E-state index in [1.165, 1.54) is 12.1 Å². The number of hydrogen-bond acceptors (Lipinski definition) is 2. The number of nitrogens with one attached hydrogen (secondary N) is 1. The highest BCUT2D eigenvalue weighted by Gasteiger charge is 2.12. The van der Waals surface area contributed by atoms with Gasteiger partial charge in [-0.25, -0.2) is 13.6 Å². The average Bonchev–Trinajstić information content (AvgIpc) is 2.33. The predicted octanol–water partition coefficient (Wildman–Crippen LogP) is 4.37. The summed E-state index contributed by atoms with van der Waals surface area (Å²) in [6, 6.07) is 6.13. The topological polar surface area (TPSA) is 49.3 Å². The molecule has 0 radical (unpaired) electrons. The second kappa shape index (κ2) is 5.46. The maximum absolute atomic E-state index is 13.6. The van der Waals surface area contributed by atoms with Gasteiger partial charge in [0.1, 0.15) is 5.82 Å². The van der Waals surface area contributed by atoms with Crippen molar-refractivity contribution in [2.75, 3.05) is 5.32 Å². The van der Waals surface area contributed by atoms with Gasteiger partial charge in [-0.05, 0) is 36.8 Å². The van der Waals surface area contributed by atoms with Gasteiger partial charge in [-0.15, -0.1) is 0 Å². The standard InChI is InChI=1S/C14H10ClF2NO2/c1-7-4-9(2-3-10(7)14(19)20)18-13-11(15)5-8(16)6-12(13)17/h2-6,18H,1H3,(H,19,20). The molecule has 0 aliphatic heterocycles. The molecule has 0 aliphatic carbocycles. The van der Waals surface area contributed by atoms with Crippen LogP contribution in [0.25, 0.3) is 0 Å². The molecule has 104 valence electrons. The molecule has 2 aromatic carbocycles. The molecule has 0 fully saturated rings. The summed E-state index contributed by atoms with van der Waals surface area (Å²) >= 11 is 5.77. The summed E-state index contributed by atoms with van der Waals surface area (Å²) in [5.74, 6) is -2.63. The molecular weight excluding hydrogens is 288 g/mol. The number of carbonyl (C=O) groups is 1. The second-order valence-corrected chi connectivity index (χ2v) is 4.61. The lowest BCUT2D eigenvalue weighted by atomic mass is 10.1. The van der Waals surface area contributed by atoms with E-state index < -0.39 is 17.6 Å². The first kappa shape index (κ1) is 14.3.